The van der Waals surface area contributed by atoms with Crippen molar-refractivity contribution in [3.63, 3.8) is 0 Å². The molecule has 3 aromatic rings. The second-order valence-electron chi connectivity index (χ2n) is 6.19. The van der Waals surface area contributed by atoms with Crippen molar-refractivity contribution in [3.8, 4) is 11.3 Å². The van der Waals surface area contributed by atoms with Gasteiger partial charge in [-0.1, -0.05) is 12.1 Å². The molecule has 2 aromatic carbocycles. The Labute approximate surface area is 155 Å². The molecule has 2 heterocycles. The fourth-order valence-electron chi connectivity index (χ4n) is 3.12. The first-order valence-electron chi connectivity index (χ1n) is 8.52. The summed E-state index contributed by atoms with van der Waals surface area (Å²) in [5, 5.41) is 2.93. The highest BCUT2D eigenvalue weighted by Crippen LogP contribution is 2.27. The van der Waals surface area contributed by atoms with Gasteiger partial charge in [0.2, 0.25) is 5.91 Å². The Bertz CT molecular complexity index is 936. The zero-order chi connectivity index (χ0) is 17.9. The van der Waals surface area contributed by atoms with E-state index in [1.165, 1.54) is 23.9 Å². The quantitative estimate of drug-likeness (QED) is 0.682. The maximum atomic E-state index is 12.9. The van der Waals surface area contributed by atoms with Crippen LogP contribution in [-0.4, -0.2) is 21.2 Å². The number of fused-ring (bicyclic) bond motifs is 1. The van der Waals surface area contributed by atoms with Crippen molar-refractivity contribution in [2.45, 2.75) is 24.3 Å². The average Bonchev–Trinajstić information content (AvgIpc) is 3.25. The van der Waals surface area contributed by atoms with Crippen LogP contribution >= 0.6 is 11.8 Å². The summed E-state index contributed by atoms with van der Waals surface area (Å²) in [7, 11) is 0. The zero-order valence-electron chi connectivity index (χ0n) is 14.1. The van der Waals surface area contributed by atoms with E-state index in [9.17, 15) is 9.18 Å². The van der Waals surface area contributed by atoms with Gasteiger partial charge in [0.15, 0.2) is 0 Å². The second-order valence-corrected chi connectivity index (χ2v) is 7.24. The highest BCUT2D eigenvalue weighted by atomic mass is 32.2. The first-order chi connectivity index (χ1) is 12.7. The van der Waals surface area contributed by atoms with E-state index in [4.69, 9.17) is 0 Å². The molecule has 0 unspecified atom stereocenters. The SMILES string of the molecule is O=C(CSc1ccc(F)cc1)Nc1cccc(-c2cnc3n2CCC3)c1. The molecule has 132 valence electrons. The van der Waals surface area contributed by atoms with Crippen molar-refractivity contribution in [3.05, 3.63) is 66.4 Å². The maximum Gasteiger partial charge on any atom is 0.234 e. The number of nitrogens with zero attached hydrogens (tertiary/aromatic N) is 2. The van der Waals surface area contributed by atoms with Crippen molar-refractivity contribution < 1.29 is 9.18 Å². The van der Waals surface area contributed by atoms with Crippen molar-refractivity contribution in [1.82, 2.24) is 9.55 Å². The topological polar surface area (TPSA) is 46.9 Å². The van der Waals surface area contributed by atoms with E-state index >= 15 is 0 Å². The van der Waals surface area contributed by atoms with Gasteiger partial charge < -0.3 is 9.88 Å². The number of benzene rings is 2. The van der Waals surface area contributed by atoms with Crippen molar-refractivity contribution in [2.24, 2.45) is 0 Å². The molecule has 4 nitrogen and oxygen atoms in total. The fourth-order valence-corrected chi connectivity index (χ4v) is 3.82. The maximum absolute atomic E-state index is 12.9. The summed E-state index contributed by atoms with van der Waals surface area (Å²) in [6.45, 7) is 0.996. The van der Waals surface area contributed by atoms with Crippen LogP contribution in [0, 0.1) is 5.82 Å². The fraction of sp³-hybridized carbons (Fsp3) is 0.200. The third-order valence-electron chi connectivity index (χ3n) is 4.35. The van der Waals surface area contributed by atoms with Crippen LogP contribution in [0.25, 0.3) is 11.3 Å². The number of carbonyl (C=O) groups excluding carboxylic acids is 1. The number of anilines is 1. The first kappa shape index (κ1) is 16.8. The van der Waals surface area contributed by atoms with Crippen LogP contribution < -0.4 is 5.32 Å². The number of nitrogens with one attached hydrogen (secondary N) is 1. The minimum absolute atomic E-state index is 0.0880. The normalized spacial score (nSPS) is 12.8. The number of rotatable bonds is 5. The number of hydrogen-bond acceptors (Lipinski definition) is 3. The number of hydrogen-bond donors (Lipinski definition) is 1. The van der Waals surface area contributed by atoms with Crippen molar-refractivity contribution in [2.75, 3.05) is 11.1 Å². The van der Waals surface area contributed by atoms with Crippen molar-refractivity contribution in [1.29, 1.82) is 0 Å². The van der Waals surface area contributed by atoms with E-state index in [1.807, 2.05) is 30.5 Å². The molecule has 0 radical (unpaired) electrons. The predicted octanol–water partition coefficient (Wildman–Crippen LogP) is 4.37. The Hall–Kier alpha value is -2.60. The number of aryl methyl sites for hydroxylation is 1. The lowest BCUT2D eigenvalue weighted by Crippen LogP contribution is -2.14. The molecule has 0 saturated carbocycles. The van der Waals surface area contributed by atoms with Crippen LogP contribution in [0.2, 0.25) is 0 Å². The number of imidazole rings is 1. The largest absolute Gasteiger partial charge is 0.328 e. The monoisotopic (exact) mass is 367 g/mol. The Morgan fingerprint density at radius 3 is 2.92 bits per heavy atom. The van der Waals surface area contributed by atoms with E-state index in [1.54, 1.807) is 12.1 Å². The molecule has 0 aliphatic carbocycles. The standard InChI is InChI=1S/C20H18FN3OS/c21-15-6-8-17(9-7-15)26-13-20(25)23-16-4-1-3-14(11-16)18-12-22-19-5-2-10-24(18)19/h1,3-4,6-9,11-12H,2,5,10,13H2,(H,23,25). The minimum Gasteiger partial charge on any atom is -0.328 e. The minimum atomic E-state index is -0.276. The number of aromatic nitrogens is 2. The van der Waals surface area contributed by atoms with E-state index < -0.39 is 0 Å². The number of thioether (sulfide) groups is 1. The summed E-state index contributed by atoms with van der Waals surface area (Å²) in [6, 6.07) is 14.0. The zero-order valence-corrected chi connectivity index (χ0v) is 14.9. The molecule has 6 heteroatoms. The van der Waals surface area contributed by atoms with Gasteiger partial charge in [0.05, 0.1) is 17.6 Å². The van der Waals surface area contributed by atoms with Gasteiger partial charge in [-0.25, -0.2) is 9.37 Å². The van der Waals surface area contributed by atoms with Gasteiger partial charge in [-0.05, 0) is 42.8 Å². The second kappa shape index (κ2) is 7.33. The van der Waals surface area contributed by atoms with E-state index in [0.717, 1.165) is 47.1 Å². The number of amides is 1. The summed E-state index contributed by atoms with van der Waals surface area (Å²) in [4.78, 5) is 17.6. The van der Waals surface area contributed by atoms with Crippen LogP contribution in [0.4, 0.5) is 10.1 Å². The third kappa shape index (κ3) is 3.65. The number of halogens is 1. The van der Waals surface area contributed by atoms with E-state index in [0.29, 0.717) is 0 Å². The summed E-state index contributed by atoms with van der Waals surface area (Å²) < 4.78 is 15.2. The van der Waals surface area contributed by atoms with Crippen LogP contribution in [0.5, 0.6) is 0 Å². The first-order valence-corrected chi connectivity index (χ1v) is 9.51. The molecule has 1 N–H and O–H groups in total. The molecule has 0 atom stereocenters. The number of carbonyl (C=O) groups is 1. The Kier molecular flexibility index (Phi) is 4.75. The highest BCUT2D eigenvalue weighted by molar-refractivity contribution is 8.00. The average molecular weight is 367 g/mol. The van der Waals surface area contributed by atoms with Gasteiger partial charge in [0.25, 0.3) is 0 Å². The predicted molar refractivity (Wildman–Crippen MR) is 102 cm³/mol. The molecule has 0 spiro atoms. The molecule has 0 bridgehead atoms. The molecule has 1 aliphatic rings. The van der Waals surface area contributed by atoms with Gasteiger partial charge in [0.1, 0.15) is 11.6 Å². The Balaban J connectivity index is 1.42. The Morgan fingerprint density at radius 2 is 2.08 bits per heavy atom. The lowest BCUT2D eigenvalue weighted by Gasteiger charge is -2.09. The van der Waals surface area contributed by atoms with Gasteiger partial charge >= 0.3 is 0 Å². The Morgan fingerprint density at radius 1 is 1.23 bits per heavy atom. The molecule has 26 heavy (non-hydrogen) atoms. The van der Waals surface area contributed by atoms with Crippen LogP contribution in [-0.2, 0) is 17.8 Å². The summed E-state index contributed by atoms with van der Waals surface area (Å²) in [5.41, 5.74) is 2.91. The van der Waals surface area contributed by atoms with E-state index in [2.05, 4.69) is 14.9 Å². The third-order valence-corrected chi connectivity index (χ3v) is 5.36. The van der Waals surface area contributed by atoms with Crippen molar-refractivity contribution >= 4 is 23.4 Å². The van der Waals surface area contributed by atoms with Gasteiger partial charge in [-0.2, -0.15) is 0 Å². The van der Waals surface area contributed by atoms with Crippen LogP contribution in [0.15, 0.2) is 59.6 Å². The van der Waals surface area contributed by atoms with E-state index in [-0.39, 0.29) is 17.5 Å². The van der Waals surface area contributed by atoms with Crippen LogP contribution in [0.1, 0.15) is 12.2 Å². The molecular formula is C20H18FN3OS. The smallest absolute Gasteiger partial charge is 0.234 e. The summed E-state index contributed by atoms with van der Waals surface area (Å²) in [6.07, 6.45) is 4.06. The highest BCUT2D eigenvalue weighted by Gasteiger charge is 2.16. The molecule has 4 rings (SSSR count). The van der Waals surface area contributed by atoms with Crippen LogP contribution in [0.3, 0.4) is 0 Å². The van der Waals surface area contributed by atoms with Gasteiger partial charge in [-0.3, -0.25) is 4.79 Å². The van der Waals surface area contributed by atoms with Gasteiger partial charge in [-0.15, -0.1) is 11.8 Å². The molecule has 1 amide bonds. The summed E-state index contributed by atoms with van der Waals surface area (Å²) >= 11 is 1.38. The lowest BCUT2D eigenvalue weighted by molar-refractivity contribution is -0.113. The molecule has 0 fully saturated rings. The summed E-state index contributed by atoms with van der Waals surface area (Å²) in [5.74, 6) is 1.04. The van der Waals surface area contributed by atoms with Gasteiger partial charge in [0, 0.05) is 29.1 Å². The molecule has 1 aromatic heterocycles. The molecule has 0 saturated heterocycles. The molecular weight excluding hydrogens is 349 g/mol. The lowest BCUT2D eigenvalue weighted by atomic mass is 10.1. The molecule has 1 aliphatic heterocycles.